The maximum absolute atomic E-state index is 12.0. The van der Waals surface area contributed by atoms with Gasteiger partial charge in [-0.05, 0) is 30.7 Å². The Morgan fingerprint density at radius 2 is 1.80 bits per heavy atom. The van der Waals surface area contributed by atoms with Crippen LogP contribution in [0.4, 0.5) is 13.2 Å². The Morgan fingerprint density at radius 1 is 1.15 bits per heavy atom. The zero-order chi connectivity index (χ0) is 15.0. The van der Waals surface area contributed by atoms with Gasteiger partial charge in [-0.2, -0.15) is 0 Å². The van der Waals surface area contributed by atoms with Crippen LogP contribution in [0.15, 0.2) is 24.3 Å². The van der Waals surface area contributed by atoms with Crippen molar-refractivity contribution in [2.24, 2.45) is 5.73 Å². The number of nitrogens with zero attached hydrogens (tertiary/aromatic N) is 1. The highest BCUT2D eigenvalue weighted by molar-refractivity contribution is 5.27. The summed E-state index contributed by atoms with van der Waals surface area (Å²) in [6, 6.07) is 5.97. The molecule has 0 aliphatic carbocycles. The van der Waals surface area contributed by atoms with Gasteiger partial charge in [0.05, 0.1) is 0 Å². The molecule has 0 aromatic heterocycles. The topological polar surface area (TPSA) is 38.5 Å². The van der Waals surface area contributed by atoms with Crippen molar-refractivity contribution < 1.29 is 17.9 Å². The molecule has 1 aromatic carbocycles. The first-order valence-corrected chi connectivity index (χ1v) is 6.71. The largest absolute Gasteiger partial charge is 0.573 e. The second kappa shape index (κ2) is 8.11. The van der Waals surface area contributed by atoms with Gasteiger partial charge in [0, 0.05) is 19.6 Å². The Kier molecular flexibility index (Phi) is 6.81. The van der Waals surface area contributed by atoms with Crippen molar-refractivity contribution in [2.45, 2.75) is 32.7 Å². The fraction of sp³-hybridized carbons (Fsp3) is 0.571. The van der Waals surface area contributed by atoms with Gasteiger partial charge in [-0.3, -0.25) is 4.90 Å². The molecular formula is C14H21F3N2O. The van der Waals surface area contributed by atoms with Crippen molar-refractivity contribution in [3.8, 4) is 5.75 Å². The summed E-state index contributed by atoms with van der Waals surface area (Å²) < 4.78 is 40.0. The van der Waals surface area contributed by atoms with Crippen LogP contribution in [0, 0.1) is 0 Å². The maximum Gasteiger partial charge on any atom is 0.573 e. The van der Waals surface area contributed by atoms with Gasteiger partial charge in [0.25, 0.3) is 0 Å². The summed E-state index contributed by atoms with van der Waals surface area (Å²) in [4.78, 5) is 2.20. The molecule has 0 unspecified atom stereocenters. The van der Waals surface area contributed by atoms with Crippen molar-refractivity contribution in [2.75, 3.05) is 19.6 Å². The molecule has 0 amide bonds. The van der Waals surface area contributed by atoms with E-state index in [2.05, 4.69) is 16.6 Å². The lowest BCUT2D eigenvalue weighted by molar-refractivity contribution is -0.274. The molecule has 0 aliphatic heterocycles. The standard InChI is InChI=1S/C14H21F3N2O/c1-2-3-9-19(10-8-18)11-12-4-6-13(7-5-12)20-14(15,16)17/h4-7H,2-3,8-11,18H2,1H3. The van der Waals surface area contributed by atoms with Crippen LogP contribution in [-0.2, 0) is 6.54 Å². The zero-order valence-corrected chi connectivity index (χ0v) is 11.6. The van der Waals surface area contributed by atoms with E-state index >= 15 is 0 Å². The molecule has 114 valence electrons. The summed E-state index contributed by atoms with van der Waals surface area (Å²) >= 11 is 0. The van der Waals surface area contributed by atoms with Crippen LogP contribution in [0.5, 0.6) is 5.75 Å². The summed E-state index contributed by atoms with van der Waals surface area (Å²) in [6.45, 7) is 5.09. The summed E-state index contributed by atoms with van der Waals surface area (Å²) in [5.74, 6) is -0.194. The smallest absolute Gasteiger partial charge is 0.406 e. The summed E-state index contributed by atoms with van der Waals surface area (Å²) in [7, 11) is 0. The third kappa shape index (κ3) is 6.77. The van der Waals surface area contributed by atoms with Gasteiger partial charge < -0.3 is 10.5 Å². The average molecular weight is 290 g/mol. The number of hydrogen-bond donors (Lipinski definition) is 1. The maximum atomic E-state index is 12.0. The Labute approximate surface area is 117 Å². The molecule has 0 spiro atoms. The lowest BCUT2D eigenvalue weighted by Gasteiger charge is -2.21. The number of benzene rings is 1. The third-order valence-electron chi connectivity index (χ3n) is 2.84. The molecule has 20 heavy (non-hydrogen) atoms. The number of ether oxygens (including phenoxy) is 1. The van der Waals surface area contributed by atoms with E-state index in [9.17, 15) is 13.2 Å². The fourth-order valence-electron chi connectivity index (χ4n) is 1.89. The van der Waals surface area contributed by atoms with Crippen molar-refractivity contribution in [3.63, 3.8) is 0 Å². The van der Waals surface area contributed by atoms with E-state index in [0.29, 0.717) is 13.1 Å². The van der Waals surface area contributed by atoms with Crippen LogP contribution in [0.25, 0.3) is 0 Å². The minimum Gasteiger partial charge on any atom is -0.406 e. The first-order valence-electron chi connectivity index (χ1n) is 6.71. The van der Waals surface area contributed by atoms with Crippen LogP contribution in [0.1, 0.15) is 25.3 Å². The molecule has 1 rings (SSSR count). The third-order valence-corrected chi connectivity index (χ3v) is 2.84. The zero-order valence-electron chi connectivity index (χ0n) is 11.6. The van der Waals surface area contributed by atoms with Gasteiger partial charge in [0.1, 0.15) is 5.75 Å². The Balaban J connectivity index is 2.58. The highest BCUT2D eigenvalue weighted by atomic mass is 19.4. The van der Waals surface area contributed by atoms with Crippen LogP contribution in [0.3, 0.4) is 0 Å². The van der Waals surface area contributed by atoms with Gasteiger partial charge in [0.2, 0.25) is 0 Å². The molecule has 1 aromatic rings. The van der Waals surface area contributed by atoms with E-state index < -0.39 is 6.36 Å². The normalized spacial score (nSPS) is 11.9. The van der Waals surface area contributed by atoms with Crippen LogP contribution >= 0.6 is 0 Å². The lowest BCUT2D eigenvalue weighted by atomic mass is 10.2. The van der Waals surface area contributed by atoms with E-state index in [4.69, 9.17) is 5.73 Å². The van der Waals surface area contributed by atoms with Gasteiger partial charge in [0.15, 0.2) is 0 Å². The van der Waals surface area contributed by atoms with E-state index in [-0.39, 0.29) is 5.75 Å². The second-order valence-corrected chi connectivity index (χ2v) is 4.61. The second-order valence-electron chi connectivity index (χ2n) is 4.61. The molecule has 0 heterocycles. The first-order chi connectivity index (χ1) is 9.44. The molecule has 2 N–H and O–H groups in total. The van der Waals surface area contributed by atoms with Gasteiger partial charge >= 0.3 is 6.36 Å². The van der Waals surface area contributed by atoms with E-state index in [1.165, 1.54) is 12.1 Å². The van der Waals surface area contributed by atoms with E-state index in [0.717, 1.165) is 31.5 Å². The van der Waals surface area contributed by atoms with Crippen LogP contribution < -0.4 is 10.5 Å². The number of hydrogen-bond acceptors (Lipinski definition) is 3. The lowest BCUT2D eigenvalue weighted by Crippen LogP contribution is -2.30. The Bertz CT molecular complexity index is 379. The van der Waals surface area contributed by atoms with Gasteiger partial charge in [-0.25, -0.2) is 0 Å². The van der Waals surface area contributed by atoms with Crippen molar-refractivity contribution >= 4 is 0 Å². The molecule has 0 saturated heterocycles. The molecule has 6 heteroatoms. The summed E-state index contributed by atoms with van der Waals surface area (Å²) in [5, 5.41) is 0. The highest BCUT2D eigenvalue weighted by Gasteiger charge is 2.30. The van der Waals surface area contributed by atoms with Crippen molar-refractivity contribution in [3.05, 3.63) is 29.8 Å². The first kappa shape index (κ1) is 16.8. The molecular weight excluding hydrogens is 269 g/mol. The Hall–Kier alpha value is -1.27. The highest BCUT2D eigenvalue weighted by Crippen LogP contribution is 2.23. The SMILES string of the molecule is CCCCN(CCN)Cc1ccc(OC(F)(F)F)cc1. The molecule has 0 aliphatic rings. The van der Waals surface area contributed by atoms with E-state index in [1.807, 2.05) is 0 Å². The molecule has 3 nitrogen and oxygen atoms in total. The number of alkyl halides is 3. The summed E-state index contributed by atoms with van der Waals surface area (Å²) in [6.07, 6.45) is -2.47. The number of nitrogens with two attached hydrogens (primary N) is 1. The molecule has 0 saturated carbocycles. The number of rotatable bonds is 8. The van der Waals surface area contributed by atoms with Crippen LogP contribution in [0.2, 0.25) is 0 Å². The predicted octanol–water partition coefficient (Wildman–Crippen LogP) is 3.15. The average Bonchev–Trinajstić information content (AvgIpc) is 2.37. The molecule has 0 radical (unpaired) electrons. The predicted molar refractivity (Wildman–Crippen MR) is 72.4 cm³/mol. The molecule has 0 bridgehead atoms. The summed E-state index contributed by atoms with van der Waals surface area (Å²) in [5.41, 5.74) is 6.51. The van der Waals surface area contributed by atoms with Crippen LogP contribution in [-0.4, -0.2) is 30.9 Å². The van der Waals surface area contributed by atoms with Gasteiger partial charge in [-0.1, -0.05) is 25.5 Å². The molecule has 0 fully saturated rings. The van der Waals surface area contributed by atoms with Gasteiger partial charge in [-0.15, -0.1) is 13.2 Å². The fourth-order valence-corrected chi connectivity index (χ4v) is 1.89. The number of halogens is 3. The monoisotopic (exact) mass is 290 g/mol. The minimum absolute atomic E-state index is 0.194. The van der Waals surface area contributed by atoms with E-state index in [1.54, 1.807) is 12.1 Å². The minimum atomic E-state index is -4.64. The van der Waals surface area contributed by atoms with Crippen molar-refractivity contribution in [1.82, 2.24) is 4.90 Å². The number of unbranched alkanes of at least 4 members (excludes halogenated alkanes) is 1. The molecule has 0 atom stereocenters. The Morgan fingerprint density at radius 3 is 2.30 bits per heavy atom. The van der Waals surface area contributed by atoms with Crippen molar-refractivity contribution in [1.29, 1.82) is 0 Å². The quantitative estimate of drug-likeness (QED) is 0.799.